The number of likely N-dealkylation sites (tertiary alicyclic amines) is 1. The number of fused-ring (bicyclic) bond motifs is 1. The standard InChI is InChI=1S/C24H27NO2/c1-2-6-20(7-3-1)18-22-11-14-25(15-12-22)13-5-4-8-21-9-10-23-24(19-21)27-17-16-26-23/h1-3,6-7,9-10,19,22H,5,11-18H2. The fourth-order valence-corrected chi connectivity index (χ4v) is 3.86. The predicted molar refractivity (Wildman–Crippen MR) is 108 cm³/mol. The van der Waals surface area contributed by atoms with Crippen molar-refractivity contribution in [3.05, 3.63) is 59.7 Å². The van der Waals surface area contributed by atoms with Gasteiger partial charge in [-0.15, -0.1) is 0 Å². The Morgan fingerprint density at radius 1 is 0.926 bits per heavy atom. The number of hydrogen-bond acceptors (Lipinski definition) is 3. The Labute approximate surface area is 162 Å². The molecule has 2 aromatic rings. The average Bonchev–Trinajstić information content (AvgIpc) is 2.73. The van der Waals surface area contributed by atoms with E-state index >= 15 is 0 Å². The Kier molecular flexibility index (Phi) is 5.96. The molecule has 0 aliphatic carbocycles. The van der Waals surface area contributed by atoms with Crippen molar-refractivity contribution in [2.45, 2.75) is 25.7 Å². The minimum absolute atomic E-state index is 0.615. The summed E-state index contributed by atoms with van der Waals surface area (Å²) in [6, 6.07) is 16.8. The third kappa shape index (κ3) is 5.05. The van der Waals surface area contributed by atoms with Crippen LogP contribution >= 0.6 is 0 Å². The van der Waals surface area contributed by atoms with Gasteiger partial charge in [-0.3, -0.25) is 0 Å². The molecule has 3 nitrogen and oxygen atoms in total. The van der Waals surface area contributed by atoms with Crippen LogP contribution in [0.1, 0.15) is 30.4 Å². The minimum Gasteiger partial charge on any atom is -0.486 e. The Balaban J connectivity index is 1.20. The molecule has 27 heavy (non-hydrogen) atoms. The molecule has 0 spiro atoms. The van der Waals surface area contributed by atoms with Gasteiger partial charge in [0.05, 0.1) is 0 Å². The van der Waals surface area contributed by atoms with Gasteiger partial charge in [-0.05, 0) is 62.0 Å². The monoisotopic (exact) mass is 361 g/mol. The van der Waals surface area contributed by atoms with Gasteiger partial charge in [-0.25, -0.2) is 0 Å². The van der Waals surface area contributed by atoms with Crippen molar-refractivity contribution < 1.29 is 9.47 Å². The van der Waals surface area contributed by atoms with E-state index < -0.39 is 0 Å². The molecule has 1 saturated heterocycles. The highest BCUT2D eigenvalue weighted by Gasteiger charge is 2.18. The Morgan fingerprint density at radius 3 is 2.52 bits per heavy atom. The number of benzene rings is 2. The summed E-state index contributed by atoms with van der Waals surface area (Å²) < 4.78 is 11.2. The van der Waals surface area contributed by atoms with E-state index in [0.29, 0.717) is 13.2 Å². The molecule has 2 aliphatic heterocycles. The third-order valence-corrected chi connectivity index (χ3v) is 5.40. The van der Waals surface area contributed by atoms with Crippen LogP contribution in [-0.2, 0) is 6.42 Å². The number of piperidine rings is 1. The lowest BCUT2D eigenvalue weighted by molar-refractivity contribution is 0.171. The summed E-state index contributed by atoms with van der Waals surface area (Å²) >= 11 is 0. The summed E-state index contributed by atoms with van der Waals surface area (Å²) in [5, 5.41) is 0. The highest BCUT2D eigenvalue weighted by Crippen LogP contribution is 2.30. The van der Waals surface area contributed by atoms with Crippen LogP contribution in [0.15, 0.2) is 48.5 Å². The van der Waals surface area contributed by atoms with Crippen molar-refractivity contribution in [3.8, 4) is 23.3 Å². The Hall–Kier alpha value is -2.44. The molecule has 2 aromatic carbocycles. The lowest BCUT2D eigenvalue weighted by atomic mass is 9.90. The SMILES string of the molecule is C(#Cc1ccc2c(c1)OCCO2)CCN1CCC(Cc2ccccc2)CC1. The van der Waals surface area contributed by atoms with Crippen molar-refractivity contribution in [2.75, 3.05) is 32.8 Å². The van der Waals surface area contributed by atoms with Crippen LogP contribution in [0.2, 0.25) is 0 Å². The van der Waals surface area contributed by atoms with Gasteiger partial charge in [0.15, 0.2) is 11.5 Å². The van der Waals surface area contributed by atoms with Crippen molar-refractivity contribution >= 4 is 0 Å². The maximum absolute atomic E-state index is 5.62. The summed E-state index contributed by atoms with van der Waals surface area (Å²) in [6.45, 7) is 4.70. The van der Waals surface area contributed by atoms with Gasteiger partial charge < -0.3 is 14.4 Å². The lowest BCUT2D eigenvalue weighted by Crippen LogP contribution is -2.34. The van der Waals surface area contributed by atoms with Gasteiger partial charge in [-0.2, -0.15) is 0 Å². The van der Waals surface area contributed by atoms with E-state index in [4.69, 9.17) is 9.47 Å². The average molecular weight is 361 g/mol. The molecular formula is C24H27NO2. The zero-order valence-electron chi connectivity index (χ0n) is 15.8. The number of ether oxygens (including phenoxy) is 2. The zero-order valence-corrected chi connectivity index (χ0v) is 15.8. The zero-order chi connectivity index (χ0) is 18.3. The molecule has 0 N–H and O–H groups in total. The van der Waals surface area contributed by atoms with E-state index in [0.717, 1.165) is 35.9 Å². The molecule has 0 saturated carbocycles. The van der Waals surface area contributed by atoms with E-state index in [-0.39, 0.29) is 0 Å². The Bertz CT molecular complexity index is 798. The molecule has 4 rings (SSSR count). The highest BCUT2D eigenvalue weighted by molar-refractivity contribution is 5.48. The molecule has 0 radical (unpaired) electrons. The lowest BCUT2D eigenvalue weighted by Gasteiger charge is -2.31. The largest absolute Gasteiger partial charge is 0.486 e. The normalized spacial score (nSPS) is 17.2. The second kappa shape index (κ2) is 8.97. The third-order valence-electron chi connectivity index (χ3n) is 5.40. The van der Waals surface area contributed by atoms with Crippen LogP contribution in [-0.4, -0.2) is 37.7 Å². The van der Waals surface area contributed by atoms with Crippen LogP contribution < -0.4 is 9.47 Å². The molecule has 0 atom stereocenters. The van der Waals surface area contributed by atoms with Crippen molar-refractivity contribution in [1.29, 1.82) is 0 Å². The number of nitrogens with zero attached hydrogens (tertiary/aromatic N) is 1. The van der Waals surface area contributed by atoms with Gasteiger partial charge in [0.25, 0.3) is 0 Å². The first-order valence-electron chi connectivity index (χ1n) is 10.0. The van der Waals surface area contributed by atoms with Crippen LogP contribution in [0.25, 0.3) is 0 Å². The summed E-state index contributed by atoms with van der Waals surface area (Å²) in [7, 11) is 0. The van der Waals surface area contributed by atoms with Crippen LogP contribution in [0.4, 0.5) is 0 Å². The van der Waals surface area contributed by atoms with Gasteiger partial charge >= 0.3 is 0 Å². The summed E-state index contributed by atoms with van der Waals surface area (Å²) in [6.07, 6.45) is 4.73. The van der Waals surface area contributed by atoms with E-state index in [2.05, 4.69) is 47.1 Å². The van der Waals surface area contributed by atoms with Gasteiger partial charge in [-0.1, -0.05) is 42.2 Å². The number of rotatable bonds is 4. The summed E-state index contributed by atoms with van der Waals surface area (Å²) in [4.78, 5) is 2.56. The summed E-state index contributed by atoms with van der Waals surface area (Å²) in [5.74, 6) is 9.05. The van der Waals surface area contributed by atoms with E-state index in [1.807, 2.05) is 18.2 Å². The Morgan fingerprint density at radius 2 is 1.70 bits per heavy atom. The summed E-state index contributed by atoms with van der Waals surface area (Å²) in [5.41, 5.74) is 2.47. The molecule has 140 valence electrons. The van der Waals surface area contributed by atoms with Gasteiger partial charge in [0.2, 0.25) is 0 Å². The van der Waals surface area contributed by atoms with Crippen molar-refractivity contribution in [2.24, 2.45) is 5.92 Å². The quantitative estimate of drug-likeness (QED) is 0.764. The predicted octanol–water partition coefficient (Wildman–Crippen LogP) is 4.15. The first kappa shape index (κ1) is 17.9. The van der Waals surface area contributed by atoms with E-state index in [1.165, 1.54) is 37.9 Å². The number of hydrogen-bond donors (Lipinski definition) is 0. The second-order valence-corrected chi connectivity index (χ2v) is 7.38. The van der Waals surface area contributed by atoms with E-state index in [9.17, 15) is 0 Å². The first-order chi connectivity index (χ1) is 13.4. The molecule has 0 bridgehead atoms. The fraction of sp³-hybridized carbons (Fsp3) is 0.417. The molecule has 2 heterocycles. The van der Waals surface area contributed by atoms with Crippen molar-refractivity contribution in [3.63, 3.8) is 0 Å². The molecule has 1 fully saturated rings. The molecule has 0 unspecified atom stereocenters. The van der Waals surface area contributed by atoms with Gasteiger partial charge in [0, 0.05) is 18.5 Å². The van der Waals surface area contributed by atoms with Crippen LogP contribution in [0, 0.1) is 17.8 Å². The topological polar surface area (TPSA) is 21.7 Å². The van der Waals surface area contributed by atoms with Crippen molar-refractivity contribution in [1.82, 2.24) is 4.90 Å². The molecular weight excluding hydrogens is 334 g/mol. The molecule has 3 heteroatoms. The molecule has 0 amide bonds. The maximum atomic E-state index is 5.62. The van der Waals surface area contributed by atoms with Crippen LogP contribution in [0.3, 0.4) is 0 Å². The van der Waals surface area contributed by atoms with Gasteiger partial charge in [0.1, 0.15) is 13.2 Å². The molecule has 0 aromatic heterocycles. The van der Waals surface area contributed by atoms with Crippen LogP contribution in [0.5, 0.6) is 11.5 Å². The van der Waals surface area contributed by atoms with E-state index in [1.54, 1.807) is 0 Å². The smallest absolute Gasteiger partial charge is 0.162 e. The first-order valence-corrected chi connectivity index (χ1v) is 10.0. The molecule has 2 aliphatic rings. The minimum atomic E-state index is 0.615. The fourth-order valence-electron chi connectivity index (χ4n) is 3.86. The highest BCUT2D eigenvalue weighted by atomic mass is 16.6. The second-order valence-electron chi connectivity index (χ2n) is 7.38. The maximum Gasteiger partial charge on any atom is 0.162 e.